The molecule has 0 radical (unpaired) electrons. The lowest BCUT2D eigenvalue weighted by molar-refractivity contribution is -0.688. The van der Waals surface area contributed by atoms with E-state index in [0.29, 0.717) is 17.6 Å². The zero-order valence-electron chi connectivity index (χ0n) is 9.04. The van der Waals surface area contributed by atoms with E-state index in [9.17, 15) is 13.2 Å². The van der Waals surface area contributed by atoms with Gasteiger partial charge in [0.2, 0.25) is 0 Å². The molecule has 0 aliphatic carbocycles. The average Bonchev–Trinajstić information content (AvgIpc) is 2.51. The van der Waals surface area contributed by atoms with Gasteiger partial charge in [0.1, 0.15) is 0 Å². The van der Waals surface area contributed by atoms with Crippen LogP contribution in [0.25, 0.3) is 11.0 Å². The number of fused-ring (bicyclic) bond motifs is 1. The molecule has 0 spiro atoms. The van der Waals surface area contributed by atoms with E-state index in [1.54, 1.807) is 31.2 Å². The molecular weight excluding hydrogens is 217 g/mol. The van der Waals surface area contributed by atoms with Gasteiger partial charge in [-0.05, 0) is 19.1 Å². The predicted octanol–water partition coefficient (Wildman–Crippen LogP) is 2.50. The number of imidazole rings is 1. The van der Waals surface area contributed by atoms with Gasteiger partial charge in [0.05, 0.1) is 13.6 Å². The van der Waals surface area contributed by atoms with Crippen LogP contribution in [-0.4, -0.2) is 4.57 Å². The van der Waals surface area contributed by atoms with Gasteiger partial charge in [-0.2, -0.15) is 13.2 Å². The Hall–Kier alpha value is -1.52. The average molecular weight is 229 g/mol. The van der Waals surface area contributed by atoms with Crippen LogP contribution in [0.3, 0.4) is 0 Å². The number of aromatic nitrogens is 2. The van der Waals surface area contributed by atoms with E-state index in [1.165, 1.54) is 16.2 Å². The van der Waals surface area contributed by atoms with Crippen molar-refractivity contribution in [3.63, 3.8) is 0 Å². The summed E-state index contributed by atoms with van der Waals surface area (Å²) in [5.74, 6) is -0.615. The number of nitrogens with zero attached hydrogens (tertiary/aromatic N) is 2. The molecule has 2 nitrogen and oxygen atoms in total. The summed E-state index contributed by atoms with van der Waals surface area (Å²) < 4.78 is 41.2. The van der Waals surface area contributed by atoms with Crippen molar-refractivity contribution in [2.24, 2.45) is 7.05 Å². The number of hydrogen-bond donors (Lipinski definition) is 0. The zero-order chi connectivity index (χ0) is 11.9. The Bertz CT molecular complexity index is 526. The van der Waals surface area contributed by atoms with Crippen LogP contribution in [0.2, 0.25) is 0 Å². The monoisotopic (exact) mass is 229 g/mol. The standard InChI is InChI=1S/C11H12F3N2/c1-3-16-9-7-5-4-6-8(9)15(2)10(16)11(12,13)14/h4-7H,3H2,1-2H3/q+1. The highest BCUT2D eigenvalue weighted by molar-refractivity contribution is 5.72. The Balaban J connectivity index is 2.87. The molecular formula is C11H12F3N2+. The summed E-state index contributed by atoms with van der Waals surface area (Å²) in [6, 6.07) is 6.88. The Morgan fingerprint density at radius 3 is 2.44 bits per heavy atom. The zero-order valence-corrected chi connectivity index (χ0v) is 9.04. The van der Waals surface area contributed by atoms with E-state index < -0.39 is 12.0 Å². The summed E-state index contributed by atoms with van der Waals surface area (Å²) in [7, 11) is 1.44. The summed E-state index contributed by atoms with van der Waals surface area (Å²) in [5, 5.41) is 0. The van der Waals surface area contributed by atoms with Gasteiger partial charge in [-0.15, -0.1) is 0 Å². The van der Waals surface area contributed by atoms with Gasteiger partial charge in [-0.3, -0.25) is 0 Å². The van der Waals surface area contributed by atoms with Crippen LogP contribution < -0.4 is 4.57 Å². The van der Waals surface area contributed by atoms with Crippen LogP contribution in [0, 0.1) is 0 Å². The second-order valence-corrected chi connectivity index (χ2v) is 3.61. The predicted molar refractivity (Wildman–Crippen MR) is 53.8 cm³/mol. The number of benzene rings is 1. The molecule has 1 aromatic carbocycles. The van der Waals surface area contributed by atoms with E-state index in [0.717, 1.165) is 0 Å². The maximum absolute atomic E-state index is 12.9. The van der Waals surface area contributed by atoms with E-state index in [2.05, 4.69) is 0 Å². The number of halogens is 3. The third-order valence-electron chi connectivity index (χ3n) is 2.68. The molecule has 2 aromatic rings. The van der Waals surface area contributed by atoms with Gasteiger partial charge in [-0.1, -0.05) is 12.1 Å². The largest absolute Gasteiger partial charge is 0.495 e. The highest BCUT2D eigenvalue weighted by atomic mass is 19.4. The molecule has 0 aliphatic rings. The Morgan fingerprint density at radius 2 is 1.88 bits per heavy atom. The normalized spacial score (nSPS) is 12.3. The topological polar surface area (TPSA) is 8.81 Å². The fraction of sp³-hybridized carbons (Fsp3) is 0.364. The van der Waals surface area contributed by atoms with Gasteiger partial charge < -0.3 is 0 Å². The van der Waals surface area contributed by atoms with Crippen LogP contribution >= 0.6 is 0 Å². The fourth-order valence-electron chi connectivity index (χ4n) is 2.05. The lowest BCUT2D eigenvalue weighted by Gasteiger charge is -2.03. The van der Waals surface area contributed by atoms with Crippen molar-refractivity contribution < 1.29 is 17.7 Å². The second kappa shape index (κ2) is 3.50. The third kappa shape index (κ3) is 1.47. The molecule has 0 bridgehead atoms. The molecule has 2 rings (SSSR count). The summed E-state index contributed by atoms with van der Waals surface area (Å²) in [4.78, 5) is 0. The number of para-hydroxylation sites is 2. The van der Waals surface area contributed by atoms with Crippen LogP contribution in [0.1, 0.15) is 12.7 Å². The van der Waals surface area contributed by atoms with Crippen molar-refractivity contribution in [2.75, 3.05) is 0 Å². The first-order valence-corrected chi connectivity index (χ1v) is 5.01. The molecule has 0 saturated carbocycles. The van der Waals surface area contributed by atoms with Gasteiger partial charge in [0.15, 0.2) is 11.0 Å². The Kier molecular flexibility index (Phi) is 2.40. The molecule has 0 unspecified atom stereocenters. The van der Waals surface area contributed by atoms with Gasteiger partial charge in [0, 0.05) is 0 Å². The minimum atomic E-state index is -4.33. The van der Waals surface area contributed by atoms with Crippen molar-refractivity contribution in [3.05, 3.63) is 30.1 Å². The van der Waals surface area contributed by atoms with Gasteiger partial charge in [-0.25, -0.2) is 9.13 Å². The molecule has 0 N–H and O–H groups in total. The van der Waals surface area contributed by atoms with Crippen LogP contribution in [-0.2, 0) is 19.8 Å². The number of alkyl halides is 3. The number of rotatable bonds is 1. The van der Waals surface area contributed by atoms with Crippen LogP contribution in [0.4, 0.5) is 13.2 Å². The summed E-state index contributed by atoms with van der Waals surface area (Å²) >= 11 is 0. The highest BCUT2D eigenvalue weighted by Crippen LogP contribution is 2.29. The number of aryl methyl sites for hydroxylation is 2. The van der Waals surface area contributed by atoms with E-state index in [1.807, 2.05) is 0 Å². The van der Waals surface area contributed by atoms with Crippen molar-refractivity contribution in [1.82, 2.24) is 4.57 Å². The maximum Gasteiger partial charge on any atom is 0.495 e. The van der Waals surface area contributed by atoms with Crippen molar-refractivity contribution in [2.45, 2.75) is 19.6 Å². The smallest absolute Gasteiger partial charge is 0.222 e. The fourth-order valence-corrected chi connectivity index (χ4v) is 2.05. The first kappa shape index (κ1) is 11.0. The van der Waals surface area contributed by atoms with E-state index in [-0.39, 0.29) is 0 Å². The Labute approximate surface area is 90.9 Å². The molecule has 0 fully saturated rings. The molecule has 0 aliphatic heterocycles. The maximum atomic E-state index is 12.9. The summed E-state index contributed by atoms with van der Waals surface area (Å²) in [5.41, 5.74) is 1.21. The Morgan fingerprint density at radius 1 is 1.25 bits per heavy atom. The molecule has 16 heavy (non-hydrogen) atoms. The molecule has 0 saturated heterocycles. The molecule has 0 atom stereocenters. The van der Waals surface area contributed by atoms with Crippen LogP contribution in [0.5, 0.6) is 0 Å². The third-order valence-corrected chi connectivity index (χ3v) is 2.68. The first-order chi connectivity index (χ1) is 7.46. The quantitative estimate of drug-likeness (QED) is 0.664. The molecule has 1 aromatic heterocycles. The van der Waals surface area contributed by atoms with E-state index in [4.69, 9.17) is 0 Å². The van der Waals surface area contributed by atoms with E-state index >= 15 is 0 Å². The molecule has 5 heteroatoms. The minimum Gasteiger partial charge on any atom is -0.222 e. The van der Waals surface area contributed by atoms with Gasteiger partial charge in [0.25, 0.3) is 0 Å². The van der Waals surface area contributed by atoms with Crippen molar-refractivity contribution in [1.29, 1.82) is 0 Å². The van der Waals surface area contributed by atoms with Crippen LogP contribution in [0.15, 0.2) is 24.3 Å². The van der Waals surface area contributed by atoms with Crippen molar-refractivity contribution in [3.8, 4) is 0 Å². The minimum absolute atomic E-state index is 0.302. The van der Waals surface area contributed by atoms with Crippen molar-refractivity contribution >= 4 is 11.0 Å². The number of hydrogen-bond acceptors (Lipinski definition) is 0. The second-order valence-electron chi connectivity index (χ2n) is 3.61. The molecule has 86 valence electrons. The van der Waals surface area contributed by atoms with Gasteiger partial charge >= 0.3 is 12.0 Å². The SMILES string of the molecule is CC[n+]1c(C(F)(F)F)n(C)c2ccccc21. The summed E-state index contributed by atoms with van der Waals surface area (Å²) in [6.45, 7) is 2.01. The summed E-state index contributed by atoms with van der Waals surface area (Å²) in [6.07, 6.45) is -4.33. The highest BCUT2D eigenvalue weighted by Gasteiger charge is 2.45. The lowest BCUT2D eigenvalue weighted by atomic mass is 10.3. The molecule has 1 heterocycles. The lowest BCUT2D eigenvalue weighted by Crippen LogP contribution is -2.40. The first-order valence-electron chi connectivity index (χ1n) is 5.01. The molecule has 0 amide bonds.